The van der Waals surface area contributed by atoms with Crippen LogP contribution in [0, 0.1) is 0 Å². The molecular formula is C49H72N18O10. The van der Waals surface area contributed by atoms with Gasteiger partial charge in [0.25, 0.3) is 0 Å². The number of aliphatic imine (C=N–C) groups is 2. The number of aromatic nitrogens is 1. The first kappa shape index (κ1) is 60.6. The molecule has 0 aliphatic carbocycles. The number of carbonyl (C=O) groups excluding carboxylic acids is 10. The minimum atomic E-state index is -1.72. The van der Waals surface area contributed by atoms with Crippen molar-refractivity contribution in [2.24, 2.45) is 44.4 Å². The molecule has 10 amide bonds. The molecule has 2 heterocycles. The second kappa shape index (κ2) is 30.4. The lowest BCUT2D eigenvalue weighted by Crippen LogP contribution is -2.60. The number of H-pyrrole nitrogens is 1. The molecule has 1 saturated heterocycles. The average Bonchev–Trinajstić information content (AvgIpc) is 3.78. The van der Waals surface area contributed by atoms with Gasteiger partial charge in [-0.25, -0.2) is 0 Å². The number of rotatable bonds is 19. The number of para-hydroxylation sites is 1. The Balaban J connectivity index is 1.80. The molecule has 0 saturated carbocycles. The molecule has 7 atom stereocenters. The Morgan fingerprint density at radius 2 is 1.27 bits per heavy atom. The zero-order valence-electron chi connectivity index (χ0n) is 42.9. The van der Waals surface area contributed by atoms with Gasteiger partial charge in [-0.1, -0.05) is 30.3 Å². The van der Waals surface area contributed by atoms with Crippen molar-refractivity contribution in [3.63, 3.8) is 0 Å². The number of nitrogen functional groups attached to an aromatic ring is 1. The largest absolute Gasteiger partial charge is 0.399 e. The fraction of sp³-hybridized carbons (Fsp3) is 0.469. The third-order valence-corrected chi connectivity index (χ3v) is 12.2. The molecular weight excluding hydrogens is 1000 g/mol. The molecule has 28 heteroatoms. The molecule has 4 rings (SSSR count). The van der Waals surface area contributed by atoms with Crippen molar-refractivity contribution in [3.8, 4) is 0 Å². The van der Waals surface area contributed by atoms with Crippen molar-refractivity contribution < 1.29 is 47.9 Å². The third kappa shape index (κ3) is 21.0. The number of anilines is 1. The van der Waals surface area contributed by atoms with Gasteiger partial charge in [0.1, 0.15) is 42.3 Å². The van der Waals surface area contributed by atoms with E-state index >= 15 is 0 Å². The van der Waals surface area contributed by atoms with E-state index in [2.05, 4.69) is 57.5 Å². The summed E-state index contributed by atoms with van der Waals surface area (Å²) in [5.74, 6) is -9.12. The SMILES string of the molecule is CC(=O)N[C@@H](CCCN=C(N)N)C(=O)N[C@H]1CC(=O)NCCCC[C@@H](C(N)=O)NC(=O)[C@H](Cc2c[nH]c3ccccc23)NC(=O)[C@H](CCCN=C(N)N)NC(=O)[C@@H](Cc2ccc(N)cc2)NC(=O)[C@H](CCC(N)=O)NC1=O. The van der Waals surface area contributed by atoms with E-state index in [4.69, 9.17) is 40.1 Å². The molecule has 418 valence electrons. The first-order valence-electron chi connectivity index (χ1n) is 25.0. The average molecular weight is 1070 g/mol. The van der Waals surface area contributed by atoms with Gasteiger partial charge in [-0.3, -0.25) is 57.9 Å². The molecule has 0 unspecified atom stereocenters. The van der Waals surface area contributed by atoms with Crippen LogP contribution in [0.15, 0.2) is 64.7 Å². The summed E-state index contributed by atoms with van der Waals surface area (Å²) in [7, 11) is 0. The number of hydrogen-bond donors (Lipinski definition) is 16. The van der Waals surface area contributed by atoms with E-state index in [-0.39, 0.29) is 89.3 Å². The summed E-state index contributed by atoms with van der Waals surface area (Å²) in [4.78, 5) is 148. The van der Waals surface area contributed by atoms with Crippen LogP contribution in [0.1, 0.15) is 82.3 Å². The Hall–Kier alpha value is -8.98. The third-order valence-electron chi connectivity index (χ3n) is 12.2. The minimum Gasteiger partial charge on any atom is -0.399 e. The number of nitrogens with one attached hydrogen (secondary N) is 9. The molecule has 1 aliphatic rings. The van der Waals surface area contributed by atoms with Crippen LogP contribution in [0.2, 0.25) is 0 Å². The number of guanidine groups is 2. The van der Waals surface area contributed by atoms with Gasteiger partial charge in [0, 0.05) is 68.6 Å². The predicted octanol–water partition coefficient (Wildman–Crippen LogP) is -4.50. The highest BCUT2D eigenvalue weighted by molar-refractivity contribution is 5.99. The Morgan fingerprint density at radius 3 is 1.91 bits per heavy atom. The number of nitrogens with two attached hydrogens (primary N) is 7. The van der Waals surface area contributed by atoms with Crippen LogP contribution in [0.25, 0.3) is 10.9 Å². The van der Waals surface area contributed by atoms with Gasteiger partial charge in [0.15, 0.2) is 11.9 Å². The van der Waals surface area contributed by atoms with Crippen molar-refractivity contribution in [1.29, 1.82) is 0 Å². The summed E-state index contributed by atoms with van der Waals surface area (Å²) in [5, 5.41) is 21.6. The summed E-state index contributed by atoms with van der Waals surface area (Å²) < 4.78 is 0. The van der Waals surface area contributed by atoms with Crippen LogP contribution in [0.3, 0.4) is 0 Å². The number of aromatic amines is 1. The summed E-state index contributed by atoms with van der Waals surface area (Å²) in [6, 6.07) is 3.32. The fourth-order valence-corrected chi connectivity index (χ4v) is 8.26. The van der Waals surface area contributed by atoms with E-state index < -0.39 is 121 Å². The summed E-state index contributed by atoms with van der Waals surface area (Å²) in [6.07, 6.45) is 0.341. The molecule has 0 radical (unpaired) electrons. The predicted molar refractivity (Wildman–Crippen MR) is 285 cm³/mol. The zero-order chi connectivity index (χ0) is 56.6. The lowest BCUT2D eigenvalue weighted by molar-refractivity contribution is -0.136. The molecule has 28 nitrogen and oxygen atoms in total. The maximum absolute atomic E-state index is 14.7. The van der Waals surface area contributed by atoms with E-state index in [9.17, 15) is 47.9 Å². The standard InChI is InChI=1S/C49H72N18O10/c1-26(68)61-33(11-6-20-58-48(53)54)42(72)67-38-24-40(70)57-19-5-4-10-32(41(52)71)62-46(76)37(23-28-25-60-31-9-3-2-8-30(28)31)66-43(73)34(12-7-21-59-49(55)56)63-45(75)36(22-27-13-15-29(50)16-14-27)65-44(74)35(64-47(38)77)17-18-39(51)69/h2-3,8-9,13-16,25,32-38,60H,4-7,10-12,17-24,50H2,1H3,(H2,51,69)(H2,52,71)(H,57,70)(H,61,68)(H,62,76)(H,63,75)(H,64,77)(H,65,74)(H,66,73)(H,67,72)(H4,53,54,58)(H4,55,56,59)/t32-,33-,34-,35-,36+,37-,38-/m0/s1. The molecule has 77 heavy (non-hydrogen) atoms. The molecule has 1 aliphatic heterocycles. The van der Waals surface area contributed by atoms with Gasteiger partial charge < -0.3 is 87.7 Å². The van der Waals surface area contributed by atoms with Gasteiger partial charge in [0.2, 0.25) is 59.1 Å². The van der Waals surface area contributed by atoms with E-state index in [0.717, 1.165) is 17.8 Å². The molecule has 3 aromatic rings. The smallest absolute Gasteiger partial charge is 0.243 e. The number of hydrogen-bond acceptors (Lipinski definition) is 13. The zero-order valence-corrected chi connectivity index (χ0v) is 42.9. The highest BCUT2D eigenvalue weighted by atomic mass is 16.2. The van der Waals surface area contributed by atoms with Crippen molar-refractivity contribution in [2.45, 2.75) is 126 Å². The van der Waals surface area contributed by atoms with Crippen LogP contribution in [0.5, 0.6) is 0 Å². The number of fused-ring (bicyclic) bond motifs is 1. The van der Waals surface area contributed by atoms with E-state index in [1.54, 1.807) is 36.5 Å². The summed E-state index contributed by atoms with van der Waals surface area (Å²) in [5.41, 5.74) is 41.4. The molecule has 1 fully saturated rings. The topological polar surface area (TPSA) is 490 Å². The van der Waals surface area contributed by atoms with Gasteiger partial charge in [-0.15, -0.1) is 0 Å². The molecule has 23 N–H and O–H groups in total. The lowest BCUT2D eigenvalue weighted by atomic mass is 10.0. The van der Waals surface area contributed by atoms with Gasteiger partial charge in [-0.2, -0.15) is 0 Å². The lowest BCUT2D eigenvalue weighted by Gasteiger charge is -2.28. The monoisotopic (exact) mass is 1070 g/mol. The van der Waals surface area contributed by atoms with Crippen LogP contribution >= 0.6 is 0 Å². The first-order chi connectivity index (χ1) is 36.6. The Morgan fingerprint density at radius 1 is 0.688 bits per heavy atom. The number of nitrogens with zero attached hydrogens (tertiary/aromatic N) is 2. The Bertz CT molecular complexity index is 2630. The van der Waals surface area contributed by atoms with E-state index in [1.165, 1.54) is 0 Å². The highest BCUT2D eigenvalue weighted by Gasteiger charge is 2.35. The number of benzene rings is 2. The van der Waals surface area contributed by atoms with E-state index in [1.807, 2.05) is 18.2 Å². The van der Waals surface area contributed by atoms with Crippen LogP contribution in [0.4, 0.5) is 5.69 Å². The van der Waals surface area contributed by atoms with Gasteiger partial charge in [0.05, 0.1) is 6.42 Å². The Kier molecular flexibility index (Phi) is 23.9. The van der Waals surface area contributed by atoms with Crippen molar-refractivity contribution in [2.75, 3.05) is 25.4 Å². The maximum Gasteiger partial charge on any atom is 0.243 e. The normalized spacial score (nSPS) is 20.8. The Labute approximate surface area is 443 Å². The molecule has 0 bridgehead atoms. The van der Waals surface area contributed by atoms with Crippen LogP contribution in [-0.4, -0.2) is 138 Å². The summed E-state index contributed by atoms with van der Waals surface area (Å²) >= 11 is 0. The van der Waals surface area contributed by atoms with Gasteiger partial charge >= 0.3 is 0 Å². The maximum atomic E-state index is 14.7. The van der Waals surface area contributed by atoms with Crippen molar-refractivity contribution >= 4 is 87.6 Å². The van der Waals surface area contributed by atoms with E-state index in [0.29, 0.717) is 16.8 Å². The quantitative estimate of drug-likeness (QED) is 0.0233. The second-order valence-corrected chi connectivity index (χ2v) is 18.5. The van der Waals surface area contributed by atoms with Crippen LogP contribution in [-0.2, 0) is 60.8 Å². The summed E-state index contributed by atoms with van der Waals surface area (Å²) in [6.45, 7) is 1.24. The van der Waals surface area contributed by atoms with Crippen molar-refractivity contribution in [1.82, 2.24) is 47.5 Å². The highest BCUT2D eigenvalue weighted by Crippen LogP contribution is 2.20. The van der Waals surface area contributed by atoms with Crippen molar-refractivity contribution in [3.05, 3.63) is 65.9 Å². The minimum absolute atomic E-state index is 0.00784. The van der Waals surface area contributed by atoms with Crippen LogP contribution < -0.4 is 82.7 Å². The number of amides is 10. The fourth-order valence-electron chi connectivity index (χ4n) is 8.26. The molecule has 2 aromatic carbocycles. The number of carbonyl (C=O) groups is 10. The molecule has 1 aromatic heterocycles. The number of primary amides is 2. The first-order valence-corrected chi connectivity index (χ1v) is 25.0. The van der Waals surface area contributed by atoms with Gasteiger partial charge in [-0.05, 0) is 80.7 Å². The molecule has 0 spiro atoms. The second-order valence-electron chi connectivity index (χ2n) is 18.5.